The summed E-state index contributed by atoms with van der Waals surface area (Å²) in [6.07, 6.45) is 9.59. The van der Waals surface area contributed by atoms with Gasteiger partial charge in [-0.15, -0.1) is 0 Å². The molecular formula is C35H38O3S. The van der Waals surface area contributed by atoms with Gasteiger partial charge in [-0.25, -0.2) is 0 Å². The van der Waals surface area contributed by atoms with Gasteiger partial charge in [-0.2, -0.15) is 0 Å². The molecule has 2 aliphatic carbocycles. The van der Waals surface area contributed by atoms with Gasteiger partial charge in [0.25, 0.3) is 0 Å². The topological polar surface area (TPSA) is 38.7 Å². The fourth-order valence-electron chi connectivity index (χ4n) is 6.78. The zero-order valence-corrected chi connectivity index (χ0v) is 24.1. The molecule has 0 radical (unpaired) electrons. The molecule has 4 aromatic rings. The van der Waals surface area contributed by atoms with Gasteiger partial charge >= 0.3 is 0 Å². The molecule has 0 atom stereocenters. The van der Waals surface area contributed by atoms with E-state index in [1.54, 1.807) is 18.9 Å². The first-order valence-corrected chi connectivity index (χ1v) is 15.3. The highest BCUT2D eigenvalue weighted by molar-refractivity contribution is 7.99. The molecule has 1 fully saturated rings. The van der Waals surface area contributed by atoms with Gasteiger partial charge < -0.3 is 14.6 Å². The zero-order chi connectivity index (χ0) is 27.0. The predicted octanol–water partition coefficient (Wildman–Crippen LogP) is 9.81. The third kappa shape index (κ3) is 4.57. The van der Waals surface area contributed by atoms with E-state index >= 15 is 0 Å². The van der Waals surface area contributed by atoms with E-state index in [0.29, 0.717) is 12.4 Å². The van der Waals surface area contributed by atoms with Crippen molar-refractivity contribution in [3.8, 4) is 28.4 Å². The van der Waals surface area contributed by atoms with Crippen LogP contribution in [0.3, 0.4) is 0 Å². The number of phenols is 1. The molecule has 1 N–H and O–H groups in total. The fraction of sp³-hybridized carbons (Fsp3) is 0.371. The minimum Gasteiger partial charge on any atom is -0.507 e. The maximum Gasteiger partial charge on any atom is 0.133 e. The quantitative estimate of drug-likeness (QED) is 0.265. The molecule has 202 valence electrons. The van der Waals surface area contributed by atoms with Crippen molar-refractivity contribution in [1.82, 2.24) is 0 Å². The van der Waals surface area contributed by atoms with Gasteiger partial charge in [0.1, 0.15) is 17.2 Å². The molecule has 1 spiro atoms. The highest BCUT2D eigenvalue weighted by atomic mass is 32.2. The largest absolute Gasteiger partial charge is 0.507 e. The van der Waals surface area contributed by atoms with Crippen LogP contribution in [0.5, 0.6) is 17.2 Å². The summed E-state index contributed by atoms with van der Waals surface area (Å²) in [7, 11) is 1.70. The van der Waals surface area contributed by atoms with Crippen molar-refractivity contribution in [3.63, 3.8) is 0 Å². The van der Waals surface area contributed by atoms with E-state index < -0.39 is 0 Å². The van der Waals surface area contributed by atoms with E-state index in [0.717, 1.165) is 46.4 Å². The van der Waals surface area contributed by atoms with Crippen LogP contribution in [0.4, 0.5) is 0 Å². The molecule has 0 saturated heterocycles. The van der Waals surface area contributed by atoms with Crippen molar-refractivity contribution in [2.75, 3.05) is 13.7 Å². The number of ether oxygens (including phenoxy) is 2. The van der Waals surface area contributed by atoms with Gasteiger partial charge in [-0.05, 0) is 95.8 Å². The molecule has 0 aromatic heterocycles. The van der Waals surface area contributed by atoms with Gasteiger partial charge in [0.2, 0.25) is 0 Å². The number of hydrogen-bond acceptors (Lipinski definition) is 4. The molecule has 39 heavy (non-hydrogen) atoms. The zero-order valence-electron chi connectivity index (χ0n) is 23.3. The van der Waals surface area contributed by atoms with Crippen LogP contribution in [0, 0.1) is 6.92 Å². The third-order valence-corrected chi connectivity index (χ3v) is 9.89. The molecule has 0 bridgehead atoms. The summed E-state index contributed by atoms with van der Waals surface area (Å²) in [6, 6.07) is 21.6. The van der Waals surface area contributed by atoms with Crippen LogP contribution < -0.4 is 9.47 Å². The number of phenolic OH excluding ortho intramolecular Hbond substituents is 1. The highest BCUT2D eigenvalue weighted by Gasteiger charge is 2.43. The van der Waals surface area contributed by atoms with E-state index in [2.05, 4.69) is 68.4 Å². The average molecular weight is 539 g/mol. The third-order valence-electron chi connectivity index (χ3n) is 8.68. The summed E-state index contributed by atoms with van der Waals surface area (Å²) in [5.41, 5.74) is 6.54. The van der Waals surface area contributed by atoms with Gasteiger partial charge in [0, 0.05) is 15.7 Å². The van der Waals surface area contributed by atoms with E-state index in [1.807, 2.05) is 6.07 Å². The molecule has 4 heteroatoms. The van der Waals surface area contributed by atoms with E-state index in [9.17, 15) is 5.11 Å². The first-order chi connectivity index (χ1) is 19.1. The number of benzene rings is 4. The monoisotopic (exact) mass is 538 g/mol. The molecule has 6 rings (SSSR count). The molecule has 0 unspecified atom stereocenters. The van der Waals surface area contributed by atoms with Crippen LogP contribution in [0.15, 0.2) is 70.5 Å². The van der Waals surface area contributed by atoms with Crippen LogP contribution in [0.2, 0.25) is 0 Å². The van der Waals surface area contributed by atoms with Gasteiger partial charge in [-0.1, -0.05) is 75.1 Å². The van der Waals surface area contributed by atoms with Crippen LogP contribution in [0.25, 0.3) is 21.9 Å². The number of rotatable bonds is 6. The average Bonchev–Trinajstić information content (AvgIpc) is 3.20. The van der Waals surface area contributed by atoms with Crippen molar-refractivity contribution < 1.29 is 14.6 Å². The summed E-state index contributed by atoms with van der Waals surface area (Å²) in [6.45, 7) is 4.88. The normalized spacial score (nSPS) is 16.0. The summed E-state index contributed by atoms with van der Waals surface area (Å²) < 4.78 is 11.7. The Balaban J connectivity index is 1.57. The first-order valence-electron chi connectivity index (χ1n) is 14.4. The Labute approximate surface area is 236 Å². The van der Waals surface area contributed by atoms with E-state index in [1.165, 1.54) is 64.8 Å². The molecular weight excluding hydrogens is 500 g/mol. The molecule has 0 aliphatic heterocycles. The van der Waals surface area contributed by atoms with Crippen LogP contribution in [-0.2, 0) is 5.41 Å². The summed E-state index contributed by atoms with van der Waals surface area (Å²) in [5.74, 6) is 2.05. The van der Waals surface area contributed by atoms with Crippen LogP contribution >= 0.6 is 11.8 Å². The molecule has 3 nitrogen and oxygen atoms in total. The Morgan fingerprint density at radius 2 is 1.62 bits per heavy atom. The van der Waals surface area contributed by atoms with E-state index in [-0.39, 0.29) is 5.41 Å². The minimum atomic E-state index is -0.0186. The van der Waals surface area contributed by atoms with Crippen molar-refractivity contribution in [2.45, 2.75) is 80.4 Å². The Morgan fingerprint density at radius 1 is 0.846 bits per heavy atom. The van der Waals surface area contributed by atoms with Crippen molar-refractivity contribution in [2.24, 2.45) is 0 Å². The Kier molecular flexibility index (Phi) is 7.24. The van der Waals surface area contributed by atoms with Crippen molar-refractivity contribution in [3.05, 3.63) is 77.4 Å². The van der Waals surface area contributed by atoms with Crippen molar-refractivity contribution in [1.29, 1.82) is 0 Å². The second-order valence-electron chi connectivity index (χ2n) is 11.1. The SMILES string of the molecule is CCCOc1cc2c(O)cc3c(c2cc1Sc1ccc(OC)cc1C)-c1ccccc1C31CCCCCCC1. The van der Waals surface area contributed by atoms with Gasteiger partial charge in [0.15, 0.2) is 0 Å². The summed E-state index contributed by atoms with van der Waals surface area (Å²) in [5, 5.41) is 13.5. The molecule has 0 amide bonds. The molecule has 4 aromatic carbocycles. The predicted molar refractivity (Wildman–Crippen MR) is 162 cm³/mol. The maximum atomic E-state index is 11.5. The number of fused-ring (bicyclic) bond motifs is 7. The highest BCUT2D eigenvalue weighted by Crippen LogP contribution is 2.58. The van der Waals surface area contributed by atoms with Crippen LogP contribution in [0.1, 0.15) is 75.0 Å². The maximum absolute atomic E-state index is 11.5. The lowest BCUT2D eigenvalue weighted by molar-refractivity contribution is 0.310. The first kappa shape index (κ1) is 26.1. The lowest BCUT2D eigenvalue weighted by atomic mass is 9.69. The summed E-state index contributed by atoms with van der Waals surface area (Å²) in [4.78, 5) is 2.25. The van der Waals surface area contributed by atoms with Crippen LogP contribution in [-0.4, -0.2) is 18.8 Å². The van der Waals surface area contributed by atoms with Gasteiger partial charge in [-0.3, -0.25) is 0 Å². The Hall–Kier alpha value is -3.11. The van der Waals surface area contributed by atoms with E-state index in [4.69, 9.17) is 9.47 Å². The smallest absolute Gasteiger partial charge is 0.133 e. The number of aromatic hydroxyl groups is 1. The van der Waals surface area contributed by atoms with Crippen molar-refractivity contribution >= 4 is 22.5 Å². The second-order valence-corrected chi connectivity index (χ2v) is 12.2. The number of aryl methyl sites for hydroxylation is 1. The Morgan fingerprint density at radius 3 is 2.36 bits per heavy atom. The minimum absolute atomic E-state index is 0.0186. The Bertz CT molecular complexity index is 1510. The number of methoxy groups -OCH3 is 1. The second kappa shape index (κ2) is 10.8. The molecule has 1 saturated carbocycles. The lowest BCUT2D eigenvalue weighted by Crippen LogP contribution is -2.26. The van der Waals surface area contributed by atoms with Gasteiger partial charge in [0.05, 0.1) is 18.6 Å². The summed E-state index contributed by atoms with van der Waals surface area (Å²) >= 11 is 1.73. The molecule has 2 aliphatic rings. The molecule has 0 heterocycles. The lowest BCUT2D eigenvalue weighted by Gasteiger charge is -2.34. The standard InChI is InChI=1S/C35H38O3S/c1-4-18-38-31-20-26-27(21-33(31)39-32-15-14-24(37-3)19-23(32)2)34-25-12-8-9-13-28(25)35(29(34)22-30(26)36)16-10-6-5-7-11-17-35/h8-9,12-15,19-22,36H,4-7,10-11,16-18H2,1-3H3. The fourth-order valence-corrected chi connectivity index (χ4v) is 7.76. The number of hydrogen-bond donors (Lipinski definition) is 1.